The number of aromatic nitrogens is 1. The minimum Gasteiger partial charge on any atom is -0.475 e. The van der Waals surface area contributed by atoms with E-state index in [0.29, 0.717) is 0 Å². The van der Waals surface area contributed by atoms with E-state index < -0.39 is 17.7 Å². The molecular formula is C11H12ClNO5. The third-order valence-corrected chi connectivity index (χ3v) is 2.90. The quantitative estimate of drug-likeness (QED) is 0.509. The van der Waals surface area contributed by atoms with E-state index in [1.807, 2.05) is 0 Å². The van der Waals surface area contributed by atoms with Gasteiger partial charge in [-0.3, -0.25) is 4.79 Å². The molecular weight excluding hydrogens is 262 g/mol. The lowest BCUT2D eigenvalue weighted by Crippen LogP contribution is -2.17. The van der Waals surface area contributed by atoms with E-state index in [1.165, 1.54) is 18.5 Å². The number of halogens is 1. The van der Waals surface area contributed by atoms with Crippen molar-refractivity contribution in [2.24, 2.45) is 7.05 Å². The van der Waals surface area contributed by atoms with Crippen molar-refractivity contribution in [3.05, 3.63) is 22.0 Å². The molecule has 0 fully saturated rings. The Morgan fingerprint density at radius 3 is 2.39 bits per heavy atom. The molecule has 0 aliphatic rings. The van der Waals surface area contributed by atoms with Gasteiger partial charge >= 0.3 is 11.9 Å². The van der Waals surface area contributed by atoms with Crippen molar-refractivity contribution < 1.29 is 24.2 Å². The Balaban J connectivity index is 3.41. The Hall–Kier alpha value is -1.82. The molecule has 18 heavy (non-hydrogen) atoms. The molecule has 1 aromatic rings. The van der Waals surface area contributed by atoms with Crippen LogP contribution in [0.25, 0.3) is 0 Å². The zero-order valence-corrected chi connectivity index (χ0v) is 10.9. The lowest BCUT2D eigenvalue weighted by atomic mass is 10.1. The van der Waals surface area contributed by atoms with Crippen molar-refractivity contribution in [3.8, 4) is 0 Å². The van der Waals surface area contributed by atoms with Crippen molar-refractivity contribution in [2.45, 2.75) is 13.8 Å². The first kappa shape index (κ1) is 14.2. The van der Waals surface area contributed by atoms with Gasteiger partial charge in [0.05, 0.1) is 6.61 Å². The number of hydrogen-bond acceptors (Lipinski definition) is 4. The van der Waals surface area contributed by atoms with Crippen LogP contribution in [-0.4, -0.2) is 34.0 Å². The normalized spacial score (nSPS) is 10.2. The van der Waals surface area contributed by atoms with Crippen LogP contribution in [0.2, 0.25) is 5.15 Å². The van der Waals surface area contributed by atoms with Crippen LogP contribution in [-0.2, 0) is 16.6 Å². The van der Waals surface area contributed by atoms with E-state index in [2.05, 4.69) is 0 Å². The highest BCUT2D eigenvalue weighted by molar-refractivity contribution is 6.41. The molecule has 0 aliphatic carbocycles. The second-order valence-corrected chi connectivity index (χ2v) is 3.91. The summed E-state index contributed by atoms with van der Waals surface area (Å²) >= 11 is 5.92. The molecule has 0 aliphatic heterocycles. The molecule has 0 aromatic carbocycles. The number of rotatable bonds is 4. The Morgan fingerprint density at radius 1 is 1.39 bits per heavy atom. The summed E-state index contributed by atoms with van der Waals surface area (Å²) in [5.41, 5.74) is 0.0921. The Kier molecular flexibility index (Phi) is 4.13. The van der Waals surface area contributed by atoms with Crippen molar-refractivity contribution in [2.75, 3.05) is 6.61 Å². The van der Waals surface area contributed by atoms with Crippen LogP contribution < -0.4 is 0 Å². The lowest BCUT2D eigenvalue weighted by molar-refractivity contribution is -0.131. The number of carbonyl (C=O) groups is 3. The Labute approximate surface area is 108 Å². The van der Waals surface area contributed by atoms with Gasteiger partial charge in [0.1, 0.15) is 16.4 Å². The minimum absolute atomic E-state index is 0.0180. The maximum atomic E-state index is 11.7. The number of ether oxygens (including phenoxy) is 1. The smallest absolute Gasteiger partial charge is 0.378 e. The number of aliphatic carboxylic acids is 1. The van der Waals surface area contributed by atoms with Crippen LogP contribution >= 0.6 is 11.6 Å². The number of esters is 1. The van der Waals surface area contributed by atoms with Crippen molar-refractivity contribution in [1.82, 2.24) is 4.57 Å². The molecule has 98 valence electrons. The molecule has 0 saturated heterocycles. The van der Waals surface area contributed by atoms with Crippen LogP contribution in [0.5, 0.6) is 0 Å². The highest BCUT2D eigenvalue weighted by Crippen LogP contribution is 2.27. The number of nitrogens with zero attached hydrogens (tertiary/aromatic N) is 1. The topological polar surface area (TPSA) is 85.6 Å². The van der Waals surface area contributed by atoms with Gasteiger partial charge in [0.2, 0.25) is 0 Å². The predicted molar refractivity (Wildman–Crippen MR) is 63.1 cm³/mol. The molecule has 1 N–H and O–H groups in total. The van der Waals surface area contributed by atoms with Gasteiger partial charge in [0.25, 0.3) is 5.78 Å². The fourth-order valence-electron chi connectivity index (χ4n) is 1.66. The van der Waals surface area contributed by atoms with E-state index in [-0.39, 0.29) is 28.6 Å². The minimum atomic E-state index is -1.61. The van der Waals surface area contributed by atoms with Crippen LogP contribution in [0.1, 0.15) is 33.3 Å². The van der Waals surface area contributed by atoms with Crippen molar-refractivity contribution in [3.63, 3.8) is 0 Å². The summed E-state index contributed by atoms with van der Waals surface area (Å²) in [5.74, 6) is -3.40. The number of carboxylic acids is 1. The second-order valence-electron chi connectivity index (χ2n) is 3.55. The van der Waals surface area contributed by atoms with Crippen LogP contribution in [0.15, 0.2) is 0 Å². The second kappa shape index (κ2) is 5.22. The molecule has 0 bridgehead atoms. The standard InChI is InChI=1S/C11H12ClNO5/c1-4-18-11(17)6-5(2)7(8(14)10(15)16)13(3)9(6)12/h4H2,1-3H3,(H,15,16). The SMILES string of the molecule is CCOC(=O)c1c(C)c(C(=O)C(=O)O)n(C)c1Cl. The summed E-state index contributed by atoms with van der Waals surface area (Å²) < 4.78 is 5.97. The lowest BCUT2D eigenvalue weighted by Gasteiger charge is -2.01. The number of carbonyl (C=O) groups excluding carboxylic acids is 2. The maximum absolute atomic E-state index is 11.7. The third kappa shape index (κ3) is 2.24. The first-order chi connectivity index (χ1) is 8.32. The van der Waals surface area contributed by atoms with Crippen LogP contribution in [0.4, 0.5) is 0 Å². The van der Waals surface area contributed by atoms with E-state index in [9.17, 15) is 14.4 Å². The van der Waals surface area contributed by atoms with E-state index in [4.69, 9.17) is 21.4 Å². The summed E-state index contributed by atoms with van der Waals surface area (Å²) in [7, 11) is 1.41. The first-order valence-electron chi connectivity index (χ1n) is 5.12. The summed E-state index contributed by atoms with van der Waals surface area (Å²) in [4.78, 5) is 33.9. The average Bonchev–Trinajstić information content (AvgIpc) is 2.50. The van der Waals surface area contributed by atoms with Crippen molar-refractivity contribution >= 4 is 29.3 Å². The molecule has 0 saturated carbocycles. The highest BCUT2D eigenvalue weighted by atomic mass is 35.5. The fraction of sp³-hybridized carbons (Fsp3) is 0.364. The molecule has 6 nitrogen and oxygen atoms in total. The van der Waals surface area contributed by atoms with Gasteiger partial charge < -0.3 is 14.4 Å². The zero-order valence-electron chi connectivity index (χ0n) is 10.1. The zero-order chi connectivity index (χ0) is 14.0. The molecule has 0 radical (unpaired) electrons. The number of ketones is 1. The first-order valence-corrected chi connectivity index (χ1v) is 5.50. The number of carboxylic acid groups (broad SMARTS) is 1. The van der Waals surface area contributed by atoms with Crippen LogP contribution in [0.3, 0.4) is 0 Å². The van der Waals surface area contributed by atoms with Gasteiger partial charge in [-0.25, -0.2) is 9.59 Å². The van der Waals surface area contributed by atoms with E-state index in [1.54, 1.807) is 6.92 Å². The molecule has 1 aromatic heterocycles. The van der Waals surface area contributed by atoms with Gasteiger partial charge in [0.15, 0.2) is 0 Å². The summed E-state index contributed by atoms with van der Waals surface area (Å²) in [6, 6.07) is 0. The van der Waals surface area contributed by atoms with E-state index >= 15 is 0 Å². The molecule has 0 unspecified atom stereocenters. The summed E-state index contributed by atoms with van der Waals surface area (Å²) in [6.45, 7) is 3.24. The Morgan fingerprint density at radius 2 is 1.94 bits per heavy atom. The molecule has 0 amide bonds. The van der Waals surface area contributed by atoms with Gasteiger partial charge in [-0.05, 0) is 19.4 Å². The largest absolute Gasteiger partial charge is 0.475 e. The van der Waals surface area contributed by atoms with Gasteiger partial charge in [0, 0.05) is 7.05 Å². The molecule has 1 heterocycles. The molecule has 1 rings (SSSR count). The Bertz CT molecular complexity index is 532. The summed E-state index contributed by atoms with van der Waals surface area (Å²) in [6.07, 6.45) is 0. The van der Waals surface area contributed by atoms with Gasteiger partial charge in [-0.15, -0.1) is 0 Å². The number of hydrogen-bond donors (Lipinski definition) is 1. The van der Waals surface area contributed by atoms with Crippen LogP contribution in [0, 0.1) is 6.92 Å². The van der Waals surface area contributed by atoms with Crippen molar-refractivity contribution in [1.29, 1.82) is 0 Å². The van der Waals surface area contributed by atoms with Gasteiger partial charge in [-0.1, -0.05) is 11.6 Å². The monoisotopic (exact) mass is 273 g/mol. The predicted octanol–water partition coefficient (Wildman–Crippen LogP) is 1.43. The maximum Gasteiger partial charge on any atom is 0.378 e. The van der Waals surface area contributed by atoms with E-state index in [0.717, 1.165) is 0 Å². The molecule has 7 heteroatoms. The third-order valence-electron chi connectivity index (χ3n) is 2.46. The van der Waals surface area contributed by atoms with Gasteiger partial charge in [-0.2, -0.15) is 0 Å². The molecule has 0 spiro atoms. The average molecular weight is 274 g/mol. The number of Topliss-reactive ketones (excluding diaryl/α,β-unsaturated/α-hetero) is 1. The highest BCUT2D eigenvalue weighted by Gasteiger charge is 2.29. The fourth-order valence-corrected chi connectivity index (χ4v) is 1.96. The molecule has 0 atom stereocenters. The summed E-state index contributed by atoms with van der Waals surface area (Å²) in [5, 5.41) is 8.69.